The molecule has 0 unspecified atom stereocenters. The van der Waals surface area contributed by atoms with E-state index in [1.54, 1.807) is 47.5 Å². The Bertz CT molecular complexity index is 811. The monoisotopic (exact) mass is 340 g/mol. The van der Waals surface area contributed by atoms with E-state index < -0.39 is 5.97 Å². The van der Waals surface area contributed by atoms with Gasteiger partial charge in [-0.05, 0) is 43.2 Å². The van der Waals surface area contributed by atoms with Gasteiger partial charge in [0.15, 0.2) is 0 Å². The SMILES string of the molecule is O=C(OCCn1ccccc1=O)c1ccc(N2CCCCC2=O)cc1. The number of nitrogens with zero attached hydrogens (tertiary/aromatic N) is 2. The molecule has 0 spiro atoms. The van der Waals surface area contributed by atoms with Crippen LogP contribution in [0.2, 0.25) is 0 Å². The fourth-order valence-electron chi connectivity index (χ4n) is 2.82. The molecular weight excluding hydrogens is 320 g/mol. The summed E-state index contributed by atoms with van der Waals surface area (Å²) in [6, 6.07) is 11.7. The van der Waals surface area contributed by atoms with Crippen LogP contribution >= 0.6 is 0 Å². The van der Waals surface area contributed by atoms with Gasteiger partial charge in [-0.1, -0.05) is 6.07 Å². The molecule has 0 saturated carbocycles. The highest BCUT2D eigenvalue weighted by molar-refractivity contribution is 5.95. The third kappa shape index (κ3) is 4.15. The summed E-state index contributed by atoms with van der Waals surface area (Å²) in [6.45, 7) is 1.15. The predicted octanol–water partition coefficient (Wildman–Crippen LogP) is 2.22. The molecule has 25 heavy (non-hydrogen) atoms. The molecule has 6 heteroatoms. The minimum atomic E-state index is -0.444. The molecule has 2 aromatic rings. The number of anilines is 1. The van der Waals surface area contributed by atoms with E-state index in [9.17, 15) is 14.4 Å². The maximum atomic E-state index is 12.1. The zero-order valence-electron chi connectivity index (χ0n) is 13.9. The molecule has 1 aromatic carbocycles. The van der Waals surface area contributed by atoms with Crippen molar-refractivity contribution in [3.8, 4) is 0 Å². The first kappa shape index (κ1) is 17.0. The van der Waals surface area contributed by atoms with Gasteiger partial charge in [-0.2, -0.15) is 0 Å². The molecular formula is C19H20N2O4. The third-order valence-corrected chi connectivity index (χ3v) is 4.20. The summed E-state index contributed by atoms with van der Waals surface area (Å²) in [5.74, 6) is -0.324. The summed E-state index contributed by atoms with van der Waals surface area (Å²) in [6.07, 6.45) is 4.15. The van der Waals surface area contributed by atoms with Crippen LogP contribution in [0, 0.1) is 0 Å². The Kier molecular flexibility index (Phi) is 5.28. The summed E-state index contributed by atoms with van der Waals surface area (Å²) in [5.41, 5.74) is 1.10. The van der Waals surface area contributed by atoms with Crippen molar-refractivity contribution >= 4 is 17.6 Å². The number of rotatable bonds is 5. The lowest BCUT2D eigenvalue weighted by Crippen LogP contribution is -2.35. The fraction of sp³-hybridized carbons (Fsp3) is 0.316. The van der Waals surface area contributed by atoms with Gasteiger partial charge in [0.05, 0.1) is 12.1 Å². The van der Waals surface area contributed by atoms with E-state index in [0.717, 1.165) is 18.5 Å². The zero-order chi connectivity index (χ0) is 17.6. The molecule has 6 nitrogen and oxygen atoms in total. The van der Waals surface area contributed by atoms with Crippen LogP contribution < -0.4 is 10.5 Å². The maximum absolute atomic E-state index is 12.1. The molecule has 0 radical (unpaired) electrons. The molecule has 2 heterocycles. The molecule has 0 N–H and O–H groups in total. The molecule has 1 aliphatic heterocycles. The van der Waals surface area contributed by atoms with Crippen LogP contribution in [0.5, 0.6) is 0 Å². The Labute approximate surface area is 145 Å². The van der Waals surface area contributed by atoms with E-state index >= 15 is 0 Å². The van der Waals surface area contributed by atoms with Crippen LogP contribution in [0.1, 0.15) is 29.6 Å². The number of pyridine rings is 1. The number of amides is 1. The van der Waals surface area contributed by atoms with Crippen LogP contribution in [0.4, 0.5) is 5.69 Å². The molecule has 1 aliphatic rings. The van der Waals surface area contributed by atoms with Crippen molar-refractivity contribution in [3.05, 3.63) is 64.6 Å². The summed E-state index contributed by atoms with van der Waals surface area (Å²) >= 11 is 0. The van der Waals surface area contributed by atoms with Crippen molar-refractivity contribution in [2.75, 3.05) is 18.1 Å². The highest BCUT2D eigenvalue weighted by Gasteiger charge is 2.19. The van der Waals surface area contributed by atoms with E-state index in [0.29, 0.717) is 25.1 Å². The number of carbonyl (C=O) groups is 2. The maximum Gasteiger partial charge on any atom is 0.338 e. The smallest absolute Gasteiger partial charge is 0.338 e. The second kappa shape index (κ2) is 7.79. The lowest BCUT2D eigenvalue weighted by Gasteiger charge is -2.26. The third-order valence-electron chi connectivity index (χ3n) is 4.20. The van der Waals surface area contributed by atoms with Gasteiger partial charge in [0, 0.05) is 30.9 Å². The van der Waals surface area contributed by atoms with Gasteiger partial charge in [-0.3, -0.25) is 9.59 Å². The predicted molar refractivity (Wildman–Crippen MR) is 93.6 cm³/mol. The van der Waals surface area contributed by atoms with E-state index in [1.165, 1.54) is 10.6 Å². The van der Waals surface area contributed by atoms with Crippen molar-refractivity contribution in [3.63, 3.8) is 0 Å². The molecule has 3 rings (SSSR count). The van der Waals surface area contributed by atoms with Gasteiger partial charge in [-0.25, -0.2) is 4.79 Å². The molecule has 130 valence electrons. The standard InChI is InChI=1S/C19H20N2O4/c22-17-5-1-3-11-20(17)13-14-25-19(24)15-7-9-16(10-8-15)21-12-4-2-6-18(21)23/h1,3,5,7-11H,2,4,6,12-14H2. The van der Waals surface area contributed by atoms with Crippen molar-refractivity contribution in [1.29, 1.82) is 0 Å². The lowest BCUT2D eigenvalue weighted by atomic mass is 10.1. The van der Waals surface area contributed by atoms with E-state index in [4.69, 9.17) is 4.74 Å². The minimum Gasteiger partial charge on any atom is -0.460 e. The highest BCUT2D eigenvalue weighted by Crippen LogP contribution is 2.21. The van der Waals surface area contributed by atoms with Crippen molar-refractivity contribution in [2.24, 2.45) is 0 Å². The number of hydrogen-bond donors (Lipinski definition) is 0. The van der Waals surface area contributed by atoms with Crippen LogP contribution in [-0.4, -0.2) is 29.6 Å². The van der Waals surface area contributed by atoms with E-state index in [-0.39, 0.29) is 18.1 Å². The number of piperidine rings is 1. The Morgan fingerprint density at radius 2 is 1.84 bits per heavy atom. The van der Waals surface area contributed by atoms with Gasteiger partial charge in [0.25, 0.3) is 5.56 Å². The summed E-state index contributed by atoms with van der Waals surface area (Å²) < 4.78 is 6.70. The average molecular weight is 340 g/mol. The first-order valence-electron chi connectivity index (χ1n) is 8.38. The molecule has 1 aromatic heterocycles. The molecule has 1 saturated heterocycles. The Hall–Kier alpha value is -2.89. The van der Waals surface area contributed by atoms with Crippen molar-refractivity contribution in [1.82, 2.24) is 4.57 Å². The number of carbonyl (C=O) groups excluding carboxylic acids is 2. The highest BCUT2D eigenvalue weighted by atomic mass is 16.5. The first-order valence-corrected chi connectivity index (χ1v) is 8.38. The van der Waals surface area contributed by atoms with Crippen molar-refractivity contribution in [2.45, 2.75) is 25.8 Å². The topological polar surface area (TPSA) is 68.6 Å². The van der Waals surface area contributed by atoms with Gasteiger partial charge < -0.3 is 14.2 Å². The summed E-state index contributed by atoms with van der Waals surface area (Å²) in [4.78, 5) is 37.3. The molecule has 1 fully saturated rings. The van der Waals surface area contributed by atoms with Crippen LogP contribution in [0.15, 0.2) is 53.5 Å². The van der Waals surface area contributed by atoms with Gasteiger partial charge in [-0.15, -0.1) is 0 Å². The Morgan fingerprint density at radius 1 is 1.04 bits per heavy atom. The second-order valence-electron chi connectivity index (χ2n) is 5.92. The molecule has 0 atom stereocenters. The molecule has 0 aliphatic carbocycles. The number of hydrogen-bond acceptors (Lipinski definition) is 4. The van der Waals surface area contributed by atoms with Crippen LogP contribution in [-0.2, 0) is 16.1 Å². The van der Waals surface area contributed by atoms with Gasteiger partial charge in [0.2, 0.25) is 5.91 Å². The van der Waals surface area contributed by atoms with Crippen LogP contribution in [0.3, 0.4) is 0 Å². The fourth-order valence-corrected chi connectivity index (χ4v) is 2.82. The van der Waals surface area contributed by atoms with E-state index in [2.05, 4.69) is 0 Å². The van der Waals surface area contributed by atoms with Crippen LogP contribution in [0.25, 0.3) is 0 Å². The number of benzene rings is 1. The number of ether oxygens (including phenoxy) is 1. The zero-order valence-corrected chi connectivity index (χ0v) is 13.9. The first-order chi connectivity index (χ1) is 12.1. The van der Waals surface area contributed by atoms with Crippen molar-refractivity contribution < 1.29 is 14.3 Å². The quantitative estimate of drug-likeness (QED) is 0.783. The molecule has 1 amide bonds. The number of aromatic nitrogens is 1. The second-order valence-corrected chi connectivity index (χ2v) is 5.92. The molecule has 0 bridgehead atoms. The average Bonchev–Trinajstić information content (AvgIpc) is 2.64. The number of esters is 1. The van der Waals surface area contributed by atoms with Gasteiger partial charge in [0.1, 0.15) is 6.61 Å². The lowest BCUT2D eigenvalue weighted by molar-refractivity contribution is -0.119. The summed E-state index contributed by atoms with van der Waals surface area (Å²) in [5, 5.41) is 0. The van der Waals surface area contributed by atoms with Gasteiger partial charge >= 0.3 is 5.97 Å². The largest absolute Gasteiger partial charge is 0.460 e. The summed E-state index contributed by atoms with van der Waals surface area (Å²) in [7, 11) is 0. The van der Waals surface area contributed by atoms with E-state index in [1.807, 2.05) is 0 Å². The normalized spacial score (nSPS) is 14.4. The Balaban J connectivity index is 1.56. The minimum absolute atomic E-state index is 0.120. The Morgan fingerprint density at radius 3 is 2.56 bits per heavy atom.